The van der Waals surface area contributed by atoms with Gasteiger partial charge in [0.2, 0.25) is 0 Å². The maximum atomic E-state index is 12.5. The Labute approximate surface area is 163 Å². The van der Waals surface area contributed by atoms with Crippen molar-refractivity contribution >= 4 is 10.9 Å². The largest absolute Gasteiger partial charge is 0.486 e. The van der Waals surface area contributed by atoms with E-state index >= 15 is 0 Å². The fourth-order valence-corrected chi connectivity index (χ4v) is 4.28. The van der Waals surface area contributed by atoms with Crippen LogP contribution in [-0.4, -0.2) is 34.6 Å². The van der Waals surface area contributed by atoms with E-state index in [9.17, 15) is 4.79 Å². The third-order valence-electron chi connectivity index (χ3n) is 5.65. The predicted molar refractivity (Wildman–Crippen MR) is 107 cm³/mol. The smallest absolute Gasteiger partial charge is 0.258 e. The van der Waals surface area contributed by atoms with Crippen molar-refractivity contribution in [1.82, 2.24) is 14.9 Å². The molecule has 3 aromatic rings. The van der Waals surface area contributed by atoms with Gasteiger partial charge in [0.15, 0.2) is 11.5 Å². The van der Waals surface area contributed by atoms with Crippen LogP contribution in [0.4, 0.5) is 0 Å². The summed E-state index contributed by atoms with van der Waals surface area (Å²) in [4.78, 5) is 22.6. The Hall–Kier alpha value is -2.86. The number of hydrogen-bond donors (Lipinski definition) is 1. The molecule has 0 radical (unpaired) electrons. The summed E-state index contributed by atoms with van der Waals surface area (Å²) in [6, 6.07) is 12.2. The molecule has 5 rings (SSSR count). The number of hydrogen-bond acceptors (Lipinski definition) is 5. The third kappa shape index (κ3) is 3.03. The van der Waals surface area contributed by atoms with Crippen molar-refractivity contribution in [3.05, 3.63) is 63.7 Å². The SMILES string of the molecule is Cc1cccc2c(=O)[nH]c(CN3CCCC3c3ccc4c(c3)OCCO4)nc12. The van der Waals surface area contributed by atoms with Gasteiger partial charge in [-0.3, -0.25) is 9.69 Å². The molecule has 0 spiro atoms. The molecule has 3 heterocycles. The maximum absolute atomic E-state index is 12.5. The van der Waals surface area contributed by atoms with Crippen molar-refractivity contribution < 1.29 is 9.47 Å². The Morgan fingerprint density at radius 1 is 1.18 bits per heavy atom. The number of nitrogens with zero attached hydrogens (tertiary/aromatic N) is 2. The van der Waals surface area contributed by atoms with Gasteiger partial charge in [0.1, 0.15) is 19.0 Å². The van der Waals surface area contributed by atoms with Gasteiger partial charge in [-0.25, -0.2) is 4.98 Å². The molecule has 0 saturated carbocycles. The number of aromatic amines is 1. The normalized spacial score (nSPS) is 19.2. The second-order valence-corrected chi connectivity index (χ2v) is 7.52. The van der Waals surface area contributed by atoms with Crippen LogP contribution in [0, 0.1) is 6.92 Å². The molecule has 0 aliphatic carbocycles. The highest BCUT2D eigenvalue weighted by atomic mass is 16.6. The van der Waals surface area contributed by atoms with Gasteiger partial charge in [-0.1, -0.05) is 18.2 Å². The maximum Gasteiger partial charge on any atom is 0.258 e. The zero-order valence-corrected chi connectivity index (χ0v) is 15.9. The fraction of sp³-hybridized carbons (Fsp3) is 0.364. The van der Waals surface area contributed by atoms with Crippen LogP contribution >= 0.6 is 0 Å². The Bertz CT molecular complexity index is 1090. The van der Waals surface area contributed by atoms with Crippen molar-refractivity contribution in [1.29, 1.82) is 0 Å². The molecule has 0 amide bonds. The fourth-order valence-electron chi connectivity index (χ4n) is 4.28. The first-order valence-electron chi connectivity index (χ1n) is 9.81. The average Bonchev–Trinajstić information content (AvgIpc) is 3.16. The number of H-pyrrole nitrogens is 1. The predicted octanol–water partition coefficient (Wildman–Crippen LogP) is 3.34. The van der Waals surface area contributed by atoms with Gasteiger partial charge >= 0.3 is 0 Å². The van der Waals surface area contributed by atoms with E-state index in [2.05, 4.69) is 22.0 Å². The van der Waals surface area contributed by atoms with E-state index in [1.807, 2.05) is 31.2 Å². The number of likely N-dealkylation sites (tertiary alicyclic amines) is 1. The van der Waals surface area contributed by atoms with E-state index in [4.69, 9.17) is 14.5 Å². The lowest BCUT2D eigenvalue weighted by molar-refractivity contribution is 0.170. The van der Waals surface area contributed by atoms with Crippen LogP contribution in [0.3, 0.4) is 0 Å². The lowest BCUT2D eigenvalue weighted by Crippen LogP contribution is -2.26. The molecule has 6 nitrogen and oxygen atoms in total. The van der Waals surface area contributed by atoms with Gasteiger partial charge in [-0.05, 0) is 55.6 Å². The molecule has 1 atom stereocenters. The van der Waals surface area contributed by atoms with Crippen LogP contribution in [0.2, 0.25) is 0 Å². The van der Waals surface area contributed by atoms with Gasteiger partial charge in [0, 0.05) is 6.04 Å². The first kappa shape index (κ1) is 17.3. The number of benzene rings is 2. The lowest BCUT2D eigenvalue weighted by Gasteiger charge is -2.26. The Balaban J connectivity index is 1.44. The molecule has 1 unspecified atom stereocenters. The molecular formula is C22H23N3O3. The number of fused-ring (bicyclic) bond motifs is 2. The minimum atomic E-state index is -0.0706. The molecule has 6 heteroatoms. The summed E-state index contributed by atoms with van der Waals surface area (Å²) in [6.07, 6.45) is 2.20. The topological polar surface area (TPSA) is 67.5 Å². The van der Waals surface area contributed by atoms with Gasteiger partial charge < -0.3 is 14.5 Å². The summed E-state index contributed by atoms with van der Waals surface area (Å²) in [5.74, 6) is 2.36. The van der Waals surface area contributed by atoms with E-state index < -0.39 is 0 Å². The molecule has 1 saturated heterocycles. The number of aryl methyl sites for hydroxylation is 1. The number of aromatic nitrogens is 2. The minimum Gasteiger partial charge on any atom is -0.486 e. The molecule has 0 bridgehead atoms. The molecular weight excluding hydrogens is 354 g/mol. The van der Waals surface area contributed by atoms with Crippen molar-refractivity contribution in [3.8, 4) is 11.5 Å². The van der Waals surface area contributed by atoms with E-state index in [-0.39, 0.29) is 11.6 Å². The van der Waals surface area contributed by atoms with Crippen molar-refractivity contribution in [2.24, 2.45) is 0 Å². The van der Waals surface area contributed by atoms with Crippen molar-refractivity contribution in [3.63, 3.8) is 0 Å². The molecule has 2 aliphatic heterocycles. The highest BCUT2D eigenvalue weighted by molar-refractivity contribution is 5.80. The highest BCUT2D eigenvalue weighted by Crippen LogP contribution is 2.38. The van der Waals surface area contributed by atoms with Gasteiger partial charge in [0.25, 0.3) is 5.56 Å². The number of nitrogens with one attached hydrogen (secondary N) is 1. The van der Waals surface area contributed by atoms with Crippen LogP contribution < -0.4 is 15.0 Å². The summed E-state index contributed by atoms with van der Waals surface area (Å²) < 4.78 is 11.4. The van der Waals surface area contributed by atoms with Crippen molar-refractivity contribution in [2.45, 2.75) is 32.4 Å². The standard InChI is InChI=1S/C22H23N3O3/c1-14-4-2-5-16-21(14)23-20(24-22(16)26)13-25-9-3-6-17(25)15-7-8-18-19(12-15)28-11-10-27-18/h2,4-5,7-8,12,17H,3,6,9-11,13H2,1H3,(H,23,24,26). The van der Waals surface area contributed by atoms with Crippen LogP contribution in [-0.2, 0) is 6.54 Å². The van der Waals surface area contributed by atoms with E-state index in [0.717, 1.165) is 47.8 Å². The Kier molecular flexibility index (Phi) is 4.28. The van der Waals surface area contributed by atoms with Crippen LogP contribution in [0.25, 0.3) is 10.9 Å². The first-order chi connectivity index (χ1) is 13.7. The minimum absolute atomic E-state index is 0.0706. The zero-order chi connectivity index (χ0) is 19.1. The third-order valence-corrected chi connectivity index (χ3v) is 5.65. The summed E-state index contributed by atoms with van der Waals surface area (Å²) in [5.41, 5.74) is 2.96. The molecule has 144 valence electrons. The van der Waals surface area contributed by atoms with Gasteiger partial charge in [-0.15, -0.1) is 0 Å². The highest BCUT2D eigenvalue weighted by Gasteiger charge is 2.28. The summed E-state index contributed by atoms with van der Waals surface area (Å²) in [6.45, 7) is 4.79. The summed E-state index contributed by atoms with van der Waals surface area (Å²) in [5, 5.41) is 0.647. The summed E-state index contributed by atoms with van der Waals surface area (Å²) >= 11 is 0. The number of ether oxygens (including phenoxy) is 2. The molecule has 2 aliphatic rings. The zero-order valence-electron chi connectivity index (χ0n) is 15.9. The van der Waals surface area contributed by atoms with Crippen molar-refractivity contribution in [2.75, 3.05) is 19.8 Å². The monoisotopic (exact) mass is 377 g/mol. The van der Waals surface area contributed by atoms with Crippen LogP contribution in [0.1, 0.15) is 35.8 Å². The van der Waals surface area contributed by atoms with E-state index in [0.29, 0.717) is 25.1 Å². The molecule has 28 heavy (non-hydrogen) atoms. The van der Waals surface area contributed by atoms with Crippen LogP contribution in [0.15, 0.2) is 41.2 Å². The molecule has 2 aromatic carbocycles. The molecule has 1 N–H and O–H groups in total. The van der Waals surface area contributed by atoms with Gasteiger partial charge in [0.05, 0.1) is 17.4 Å². The Morgan fingerprint density at radius 2 is 2.04 bits per heavy atom. The average molecular weight is 377 g/mol. The number of para-hydroxylation sites is 1. The summed E-state index contributed by atoms with van der Waals surface area (Å²) in [7, 11) is 0. The number of rotatable bonds is 3. The second kappa shape index (κ2) is 6.95. The lowest BCUT2D eigenvalue weighted by atomic mass is 10.0. The van der Waals surface area contributed by atoms with E-state index in [1.54, 1.807) is 0 Å². The first-order valence-corrected chi connectivity index (χ1v) is 9.81. The van der Waals surface area contributed by atoms with Gasteiger partial charge in [-0.2, -0.15) is 0 Å². The van der Waals surface area contributed by atoms with E-state index in [1.165, 1.54) is 5.56 Å². The Morgan fingerprint density at radius 3 is 2.93 bits per heavy atom. The molecule has 1 aromatic heterocycles. The van der Waals surface area contributed by atoms with Crippen LogP contribution in [0.5, 0.6) is 11.5 Å². The second-order valence-electron chi connectivity index (χ2n) is 7.52. The quantitative estimate of drug-likeness (QED) is 0.758. The molecule has 1 fully saturated rings.